The zero-order valence-corrected chi connectivity index (χ0v) is 37.5. The number of unbranched alkanes of at least 4 members (excludes halogenated alkanes) is 13. The number of carbonyl (C=O) groups excluding carboxylic acids is 5. The third-order valence-corrected chi connectivity index (χ3v) is 9.44. The predicted molar refractivity (Wildman–Crippen MR) is 234 cm³/mol. The van der Waals surface area contributed by atoms with Gasteiger partial charge in [0.1, 0.15) is 25.5 Å². The Balaban J connectivity index is 0. The van der Waals surface area contributed by atoms with Crippen molar-refractivity contribution >= 4 is 66.5 Å². The Bertz CT molecular complexity index is 1130. The highest BCUT2D eigenvalue weighted by Crippen LogP contribution is 2.13. The van der Waals surface area contributed by atoms with Crippen molar-refractivity contribution in [2.24, 2.45) is 0 Å². The molecule has 0 saturated heterocycles. The Hall–Kier alpha value is -2.85. The van der Waals surface area contributed by atoms with Crippen molar-refractivity contribution in [2.45, 2.75) is 134 Å². The van der Waals surface area contributed by atoms with Crippen molar-refractivity contribution < 1.29 is 62.7 Å². The molecule has 0 fully saturated rings. The van der Waals surface area contributed by atoms with Gasteiger partial charge in [0, 0.05) is 38.9 Å². The van der Waals surface area contributed by atoms with E-state index in [4.69, 9.17) is 29.2 Å². The minimum absolute atomic E-state index is 0.0856. The number of rotatable bonds is 43. The van der Waals surface area contributed by atoms with Gasteiger partial charge in [0.25, 0.3) is 0 Å². The number of carboxylic acid groups (broad SMARTS) is 2. The molecule has 0 aliphatic rings. The third kappa shape index (κ3) is 44.7. The first-order chi connectivity index (χ1) is 29.0. The number of hydrogen-bond acceptors (Lipinski definition) is 14. The van der Waals surface area contributed by atoms with Crippen molar-refractivity contribution in [2.75, 3.05) is 79.5 Å². The summed E-state index contributed by atoms with van der Waals surface area (Å²) in [6, 6.07) is -1.17. The van der Waals surface area contributed by atoms with Crippen molar-refractivity contribution in [3.63, 3.8) is 0 Å². The van der Waals surface area contributed by atoms with E-state index in [1.807, 2.05) is 0 Å². The number of aldehydes is 1. The van der Waals surface area contributed by atoms with Crippen LogP contribution in [0.2, 0.25) is 0 Å². The first kappa shape index (κ1) is 59.2. The maximum absolute atomic E-state index is 11.7. The minimum Gasteiger partial charge on any atom is -0.481 e. The third-order valence-electron chi connectivity index (χ3n) is 8.81. The number of amides is 3. The summed E-state index contributed by atoms with van der Waals surface area (Å²) in [5, 5.41) is 27.8. The van der Waals surface area contributed by atoms with Gasteiger partial charge >= 0.3 is 11.9 Å². The van der Waals surface area contributed by atoms with Gasteiger partial charge in [0.05, 0.1) is 45.7 Å². The fraction of sp³-hybridized carbons (Fsp3) is 0.825. The van der Waals surface area contributed by atoms with Crippen LogP contribution < -0.4 is 26.0 Å². The van der Waals surface area contributed by atoms with E-state index in [1.165, 1.54) is 64.8 Å². The Kier molecular flexibility index (Phi) is 45.1. The van der Waals surface area contributed by atoms with Crippen LogP contribution in [0, 0.1) is 0 Å². The molecule has 18 nitrogen and oxygen atoms in total. The summed E-state index contributed by atoms with van der Waals surface area (Å²) in [5.41, 5.74) is 0. The SMILES string of the molecule is CN[C@@H](CCC(=O)NCCOCCOCC(=O)NCCOCCOCC(=O)NCCCCC(NS)C(=O)S)C(=O)O.O=CCCCCCCCCCCCCCCC(=O)O. The maximum Gasteiger partial charge on any atom is 0.320 e. The van der Waals surface area contributed by atoms with E-state index >= 15 is 0 Å². The molecule has 20 heteroatoms. The summed E-state index contributed by atoms with van der Waals surface area (Å²) in [4.78, 5) is 77.6. The average Bonchev–Trinajstić information content (AvgIpc) is 3.21. The molecule has 3 amide bonds. The molecule has 0 radical (unpaired) electrons. The monoisotopic (exact) mass is 897 g/mol. The quantitative estimate of drug-likeness (QED) is 0.0242. The Morgan fingerprint density at radius 3 is 1.47 bits per heavy atom. The zero-order valence-electron chi connectivity index (χ0n) is 35.7. The molecule has 1 unspecified atom stereocenters. The molecule has 0 aliphatic carbocycles. The van der Waals surface area contributed by atoms with Crippen LogP contribution in [0.3, 0.4) is 0 Å². The molecule has 60 heavy (non-hydrogen) atoms. The fourth-order valence-electron chi connectivity index (χ4n) is 5.37. The number of likely N-dealkylation sites (N-methyl/N-ethyl adjacent to an activating group) is 1. The predicted octanol–water partition coefficient (Wildman–Crippen LogP) is 3.02. The topological polar surface area (TPSA) is 257 Å². The molecule has 350 valence electrons. The minimum atomic E-state index is -1.00. The summed E-state index contributed by atoms with van der Waals surface area (Å²) >= 11 is 7.64. The van der Waals surface area contributed by atoms with Crippen LogP contribution in [0.5, 0.6) is 0 Å². The molecule has 0 rings (SSSR count). The van der Waals surface area contributed by atoms with Gasteiger partial charge in [0.15, 0.2) is 0 Å². The normalized spacial score (nSPS) is 11.8. The summed E-state index contributed by atoms with van der Waals surface area (Å²) in [6.45, 7) is 2.33. The summed E-state index contributed by atoms with van der Waals surface area (Å²) < 4.78 is 23.7. The Morgan fingerprint density at radius 2 is 1.02 bits per heavy atom. The molecule has 0 aromatic carbocycles. The molecule has 2 atom stereocenters. The smallest absolute Gasteiger partial charge is 0.320 e. The first-order valence-electron chi connectivity index (χ1n) is 21.3. The molecule has 0 bridgehead atoms. The number of carboxylic acids is 2. The lowest BCUT2D eigenvalue weighted by Gasteiger charge is -2.11. The van der Waals surface area contributed by atoms with E-state index in [9.17, 15) is 33.6 Å². The second-order valence-corrected chi connectivity index (χ2v) is 14.7. The Morgan fingerprint density at radius 1 is 0.550 bits per heavy atom. The highest BCUT2D eigenvalue weighted by atomic mass is 32.1. The van der Waals surface area contributed by atoms with E-state index in [0.717, 1.165) is 38.4 Å². The lowest BCUT2D eigenvalue weighted by molar-refractivity contribution is -0.140. The molecule has 0 spiro atoms. The van der Waals surface area contributed by atoms with Crippen LogP contribution in [0.15, 0.2) is 0 Å². The highest BCUT2D eigenvalue weighted by molar-refractivity contribution is 7.96. The average molecular weight is 898 g/mol. The van der Waals surface area contributed by atoms with Gasteiger partial charge in [-0.25, -0.2) is 0 Å². The second-order valence-electron chi connectivity index (χ2n) is 14.0. The number of carbonyl (C=O) groups is 7. The molecule has 7 N–H and O–H groups in total. The van der Waals surface area contributed by atoms with Crippen LogP contribution in [-0.4, -0.2) is 143 Å². The molecule has 0 heterocycles. The number of ether oxygens (including phenoxy) is 4. The van der Waals surface area contributed by atoms with Crippen LogP contribution in [0.1, 0.15) is 122 Å². The largest absolute Gasteiger partial charge is 0.481 e. The first-order valence-corrected chi connectivity index (χ1v) is 22.2. The number of nitrogens with one attached hydrogen (secondary N) is 5. The van der Waals surface area contributed by atoms with Crippen molar-refractivity contribution in [1.29, 1.82) is 0 Å². The van der Waals surface area contributed by atoms with Gasteiger partial charge in [-0.3, -0.25) is 33.5 Å². The summed E-state index contributed by atoms with van der Waals surface area (Å²) in [5.74, 6) is -2.47. The molecule has 0 aromatic rings. The van der Waals surface area contributed by atoms with Crippen LogP contribution in [0.25, 0.3) is 0 Å². The van der Waals surface area contributed by atoms with Gasteiger partial charge in [-0.15, -0.1) is 12.6 Å². The fourth-order valence-corrected chi connectivity index (χ4v) is 5.91. The molecular weight excluding hydrogens is 823 g/mol. The molecule has 0 aliphatic heterocycles. The standard InChI is InChI=1S/C24H45N5O10S2.C16H30O3/c1-25-18(23(33)34)5-6-20(30)27-8-10-36-12-15-39-17-22(32)28-9-11-37-13-14-38-16-21(31)26-7-3-2-4-19(29-41)24(35)40;17-15-13-11-9-7-5-3-1-2-4-6-8-10-12-14-16(18)19/h18-19,25,29,41H,2-17H2,1H3,(H,26,31)(H,27,30)(H,28,32)(H,33,34)(H,35,40);15H,1-14H2,(H,18,19)/t18-,19?;/m0./s1. The van der Waals surface area contributed by atoms with Gasteiger partial charge in [-0.2, -0.15) is 0 Å². The van der Waals surface area contributed by atoms with Gasteiger partial charge in [-0.1, -0.05) is 77.0 Å². The van der Waals surface area contributed by atoms with Gasteiger partial charge < -0.3 is 55.2 Å². The van der Waals surface area contributed by atoms with Crippen molar-refractivity contribution in [1.82, 2.24) is 26.0 Å². The van der Waals surface area contributed by atoms with E-state index in [1.54, 1.807) is 0 Å². The van der Waals surface area contributed by atoms with Crippen LogP contribution in [-0.2, 0) is 52.5 Å². The molecule has 0 aromatic heterocycles. The zero-order chi connectivity index (χ0) is 44.9. The highest BCUT2D eigenvalue weighted by Gasteiger charge is 2.16. The van der Waals surface area contributed by atoms with Crippen molar-refractivity contribution in [3.8, 4) is 0 Å². The Labute approximate surface area is 367 Å². The number of hydrogen-bond donors (Lipinski definition) is 9. The van der Waals surface area contributed by atoms with E-state index in [0.29, 0.717) is 32.4 Å². The number of aliphatic carboxylic acids is 2. The van der Waals surface area contributed by atoms with Crippen LogP contribution in [0.4, 0.5) is 0 Å². The lowest BCUT2D eigenvalue weighted by atomic mass is 10.0. The molecular formula is C40H75N5O13S2. The lowest BCUT2D eigenvalue weighted by Crippen LogP contribution is -2.36. The maximum atomic E-state index is 11.7. The van der Waals surface area contributed by atoms with E-state index in [2.05, 4.69) is 51.4 Å². The van der Waals surface area contributed by atoms with Crippen LogP contribution >= 0.6 is 25.4 Å². The summed E-state index contributed by atoms with van der Waals surface area (Å²) in [7, 11) is 1.53. The van der Waals surface area contributed by atoms with Gasteiger partial charge in [0.2, 0.25) is 22.8 Å². The number of thiol groups is 2. The van der Waals surface area contributed by atoms with Gasteiger partial charge in [-0.05, 0) is 45.6 Å². The molecule has 0 saturated carbocycles. The summed E-state index contributed by atoms with van der Waals surface area (Å²) in [6.07, 6.45) is 18.8. The van der Waals surface area contributed by atoms with E-state index in [-0.39, 0.29) is 95.1 Å². The van der Waals surface area contributed by atoms with E-state index < -0.39 is 24.0 Å². The van der Waals surface area contributed by atoms with Crippen molar-refractivity contribution in [3.05, 3.63) is 0 Å². The second kappa shape index (κ2) is 45.7.